The van der Waals surface area contributed by atoms with Crippen molar-refractivity contribution in [1.82, 2.24) is 5.32 Å². The zero-order chi connectivity index (χ0) is 14.5. The van der Waals surface area contributed by atoms with Crippen molar-refractivity contribution in [2.45, 2.75) is 19.9 Å². The monoisotopic (exact) mass is 272 g/mol. The molecule has 2 rings (SSSR count). The van der Waals surface area contributed by atoms with E-state index in [1.54, 1.807) is 12.1 Å². The van der Waals surface area contributed by atoms with Crippen molar-refractivity contribution in [1.29, 1.82) is 0 Å². The average molecular weight is 272 g/mol. The van der Waals surface area contributed by atoms with E-state index in [9.17, 15) is 4.39 Å². The van der Waals surface area contributed by atoms with E-state index >= 15 is 0 Å². The number of nitrogens with one attached hydrogen (secondary N) is 1. The van der Waals surface area contributed by atoms with Crippen molar-refractivity contribution in [3.63, 3.8) is 0 Å². The van der Waals surface area contributed by atoms with Crippen LogP contribution in [-0.2, 0) is 0 Å². The lowest BCUT2D eigenvalue weighted by atomic mass is 10.0. The third-order valence-electron chi connectivity index (χ3n) is 3.47. The SMILES string of the molecule is CCNC(C)c1ccccc1N(C)c1cccc(F)c1. The van der Waals surface area contributed by atoms with Crippen molar-refractivity contribution in [3.05, 3.63) is 59.9 Å². The van der Waals surface area contributed by atoms with E-state index in [0.717, 1.165) is 17.9 Å². The molecule has 0 aliphatic carbocycles. The van der Waals surface area contributed by atoms with Crippen molar-refractivity contribution >= 4 is 11.4 Å². The highest BCUT2D eigenvalue weighted by Gasteiger charge is 2.13. The van der Waals surface area contributed by atoms with Crippen LogP contribution in [0.2, 0.25) is 0 Å². The fourth-order valence-corrected chi connectivity index (χ4v) is 2.40. The molecule has 20 heavy (non-hydrogen) atoms. The van der Waals surface area contributed by atoms with Crippen LogP contribution < -0.4 is 10.2 Å². The summed E-state index contributed by atoms with van der Waals surface area (Å²) in [7, 11) is 1.96. The van der Waals surface area contributed by atoms with Gasteiger partial charge in [0.2, 0.25) is 0 Å². The summed E-state index contributed by atoms with van der Waals surface area (Å²) in [6.45, 7) is 5.15. The van der Waals surface area contributed by atoms with Crippen LogP contribution in [0.25, 0.3) is 0 Å². The van der Waals surface area contributed by atoms with Gasteiger partial charge in [0.05, 0.1) is 0 Å². The Labute approximate surface area is 120 Å². The minimum absolute atomic E-state index is 0.216. The van der Waals surface area contributed by atoms with Crippen LogP contribution in [0.5, 0.6) is 0 Å². The van der Waals surface area contributed by atoms with Crippen molar-refractivity contribution in [2.24, 2.45) is 0 Å². The van der Waals surface area contributed by atoms with E-state index in [0.29, 0.717) is 0 Å². The van der Waals surface area contributed by atoms with Gasteiger partial charge in [0.25, 0.3) is 0 Å². The minimum Gasteiger partial charge on any atom is -0.344 e. The summed E-state index contributed by atoms with van der Waals surface area (Å²) in [6.07, 6.45) is 0. The number of hydrogen-bond donors (Lipinski definition) is 1. The molecule has 0 aliphatic rings. The van der Waals surface area contributed by atoms with Crippen molar-refractivity contribution in [3.8, 4) is 0 Å². The smallest absolute Gasteiger partial charge is 0.125 e. The quantitative estimate of drug-likeness (QED) is 0.874. The fraction of sp³-hybridized carbons (Fsp3) is 0.294. The van der Waals surface area contributed by atoms with Crippen LogP contribution in [0.3, 0.4) is 0 Å². The predicted molar refractivity (Wildman–Crippen MR) is 83.0 cm³/mol. The number of halogens is 1. The Morgan fingerprint density at radius 3 is 2.60 bits per heavy atom. The minimum atomic E-state index is -0.216. The highest BCUT2D eigenvalue weighted by molar-refractivity contribution is 5.66. The molecule has 0 spiro atoms. The van der Waals surface area contributed by atoms with Gasteiger partial charge in [-0.25, -0.2) is 4.39 Å². The maximum absolute atomic E-state index is 13.4. The van der Waals surface area contributed by atoms with E-state index in [2.05, 4.69) is 31.3 Å². The van der Waals surface area contributed by atoms with Gasteiger partial charge in [-0.1, -0.05) is 31.2 Å². The van der Waals surface area contributed by atoms with Gasteiger partial charge in [0.15, 0.2) is 0 Å². The molecular weight excluding hydrogens is 251 g/mol. The third kappa shape index (κ3) is 3.17. The van der Waals surface area contributed by atoms with Gasteiger partial charge >= 0.3 is 0 Å². The van der Waals surface area contributed by atoms with Gasteiger partial charge in [0, 0.05) is 24.5 Å². The lowest BCUT2D eigenvalue weighted by Gasteiger charge is -2.25. The second kappa shape index (κ2) is 6.53. The molecule has 0 aliphatic heterocycles. The summed E-state index contributed by atoms with van der Waals surface area (Å²) in [6, 6.07) is 15.1. The zero-order valence-corrected chi connectivity index (χ0v) is 12.2. The Kier molecular flexibility index (Phi) is 4.74. The number of benzene rings is 2. The van der Waals surface area contributed by atoms with Crippen LogP contribution in [0.15, 0.2) is 48.5 Å². The summed E-state index contributed by atoms with van der Waals surface area (Å²) in [5.74, 6) is -0.216. The molecule has 1 atom stereocenters. The summed E-state index contributed by atoms with van der Waals surface area (Å²) in [4.78, 5) is 2.02. The van der Waals surface area contributed by atoms with Crippen LogP contribution in [-0.4, -0.2) is 13.6 Å². The van der Waals surface area contributed by atoms with Crippen LogP contribution in [0, 0.1) is 5.82 Å². The van der Waals surface area contributed by atoms with E-state index in [1.165, 1.54) is 11.6 Å². The first-order valence-corrected chi connectivity index (χ1v) is 6.95. The Bertz CT molecular complexity index is 568. The highest BCUT2D eigenvalue weighted by atomic mass is 19.1. The molecule has 0 amide bonds. The summed E-state index contributed by atoms with van der Waals surface area (Å²) in [5.41, 5.74) is 3.15. The molecule has 1 N–H and O–H groups in total. The highest BCUT2D eigenvalue weighted by Crippen LogP contribution is 2.30. The summed E-state index contributed by atoms with van der Waals surface area (Å²) < 4.78 is 13.4. The van der Waals surface area contributed by atoms with Gasteiger partial charge < -0.3 is 10.2 Å². The molecule has 0 radical (unpaired) electrons. The predicted octanol–water partition coefficient (Wildman–Crippen LogP) is 4.26. The molecule has 0 saturated heterocycles. The van der Waals surface area contributed by atoms with E-state index < -0.39 is 0 Å². The normalized spacial score (nSPS) is 12.2. The number of anilines is 2. The second-order valence-electron chi connectivity index (χ2n) is 4.88. The van der Waals surface area contributed by atoms with Crippen molar-refractivity contribution in [2.75, 3.05) is 18.5 Å². The first-order valence-electron chi connectivity index (χ1n) is 6.95. The summed E-state index contributed by atoms with van der Waals surface area (Å²) >= 11 is 0. The lowest BCUT2D eigenvalue weighted by Crippen LogP contribution is -2.21. The Morgan fingerprint density at radius 1 is 1.15 bits per heavy atom. The fourth-order valence-electron chi connectivity index (χ4n) is 2.40. The maximum atomic E-state index is 13.4. The van der Waals surface area contributed by atoms with Crippen LogP contribution >= 0.6 is 0 Å². The number of hydrogen-bond acceptors (Lipinski definition) is 2. The maximum Gasteiger partial charge on any atom is 0.125 e. The van der Waals surface area contributed by atoms with Crippen molar-refractivity contribution < 1.29 is 4.39 Å². The van der Waals surface area contributed by atoms with E-state index in [1.807, 2.05) is 30.1 Å². The molecule has 0 saturated carbocycles. The van der Waals surface area contributed by atoms with Gasteiger partial charge in [0.1, 0.15) is 5.82 Å². The Balaban J connectivity index is 2.37. The van der Waals surface area contributed by atoms with Gasteiger partial charge in [-0.2, -0.15) is 0 Å². The molecule has 2 aromatic carbocycles. The largest absolute Gasteiger partial charge is 0.344 e. The van der Waals surface area contributed by atoms with Crippen LogP contribution in [0.4, 0.5) is 15.8 Å². The molecule has 0 heterocycles. The summed E-state index contributed by atoms with van der Waals surface area (Å²) in [5, 5.41) is 3.42. The molecule has 106 valence electrons. The number of nitrogens with zero attached hydrogens (tertiary/aromatic N) is 1. The first kappa shape index (κ1) is 14.5. The number of para-hydroxylation sites is 1. The molecule has 3 heteroatoms. The topological polar surface area (TPSA) is 15.3 Å². The molecule has 1 unspecified atom stereocenters. The third-order valence-corrected chi connectivity index (χ3v) is 3.47. The first-order chi connectivity index (χ1) is 9.63. The van der Waals surface area contributed by atoms with Crippen LogP contribution in [0.1, 0.15) is 25.5 Å². The van der Waals surface area contributed by atoms with Gasteiger partial charge in [-0.3, -0.25) is 0 Å². The Morgan fingerprint density at radius 2 is 1.90 bits per heavy atom. The molecule has 0 aromatic heterocycles. The van der Waals surface area contributed by atoms with Gasteiger partial charge in [-0.15, -0.1) is 0 Å². The molecule has 2 aromatic rings. The number of rotatable bonds is 5. The second-order valence-corrected chi connectivity index (χ2v) is 4.88. The Hall–Kier alpha value is -1.87. The molecular formula is C17H21FN2. The van der Waals surface area contributed by atoms with Gasteiger partial charge in [-0.05, 0) is 43.3 Å². The standard InChI is InChI=1S/C17H21FN2/c1-4-19-13(2)16-10-5-6-11-17(16)20(3)15-9-7-8-14(18)12-15/h5-13,19H,4H2,1-3H3. The van der Waals surface area contributed by atoms with E-state index in [-0.39, 0.29) is 11.9 Å². The van der Waals surface area contributed by atoms with E-state index in [4.69, 9.17) is 0 Å². The zero-order valence-electron chi connectivity index (χ0n) is 12.2. The molecule has 2 nitrogen and oxygen atoms in total. The molecule has 0 bridgehead atoms. The average Bonchev–Trinajstić information content (AvgIpc) is 2.47. The molecule has 0 fully saturated rings. The lowest BCUT2D eigenvalue weighted by molar-refractivity contribution is 0.598.